The monoisotopic (exact) mass is 370 g/mol. The van der Waals surface area contributed by atoms with Gasteiger partial charge in [-0.15, -0.1) is 0 Å². The van der Waals surface area contributed by atoms with Crippen LogP contribution in [0.1, 0.15) is 21.5 Å². The molecule has 1 heterocycles. The van der Waals surface area contributed by atoms with Crippen LogP contribution in [0.4, 0.5) is 5.69 Å². The minimum atomic E-state index is 0.125. The van der Waals surface area contributed by atoms with E-state index in [2.05, 4.69) is 49.1 Å². The van der Waals surface area contributed by atoms with Crippen LogP contribution in [-0.2, 0) is 0 Å². The van der Waals surface area contributed by atoms with Crippen molar-refractivity contribution in [3.8, 4) is 11.1 Å². The van der Waals surface area contributed by atoms with Crippen LogP contribution < -0.4 is 4.90 Å². The molecular weight excluding hydrogens is 344 g/mol. The number of hydrogen-bond acceptors (Lipinski definition) is 2. The van der Waals surface area contributed by atoms with Gasteiger partial charge in [0.1, 0.15) is 0 Å². The Balaban J connectivity index is 1.42. The molecule has 3 aromatic carbocycles. The lowest BCUT2D eigenvalue weighted by Gasteiger charge is -2.37. The Morgan fingerprint density at radius 2 is 1.36 bits per heavy atom. The summed E-state index contributed by atoms with van der Waals surface area (Å²) in [6.45, 7) is 7.59. The molecule has 0 bridgehead atoms. The van der Waals surface area contributed by atoms with Gasteiger partial charge in [0.05, 0.1) is 0 Å². The molecule has 1 aliphatic heterocycles. The van der Waals surface area contributed by atoms with E-state index < -0.39 is 0 Å². The fourth-order valence-electron chi connectivity index (χ4n) is 3.85. The predicted octanol–water partition coefficient (Wildman–Crippen LogP) is 4.93. The Morgan fingerprint density at radius 3 is 2.04 bits per heavy atom. The first-order valence-corrected chi connectivity index (χ1v) is 9.89. The van der Waals surface area contributed by atoms with Gasteiger partial charge in [0, 0.05) is 37.4 Å². The summed E-state index contributed by atoms with van der Waals surface area (Å²) in [5.74, 6) is 0.125. The number of anilines is 1. The number of hydrogen-bond donors (Lipinski definition) is 0. The van der Waals surface area contributed by atoms with Crippen molar-refractivity contribution in [1.82, 2.24) is 4.90 Å². The highest BCUT2D eigenvalue weighted by atomic mass is 16.2. The third-order valence-corrected chi connectivity index (χ3v) is 5.72. The van der Waals surface area contributed by atoms with Crippen LogP contribution in [0.2, 0.25) is 0 Å². The van der Waals surface area contributed by atoms with Gasteiger partial charge in [-0.2, -0.15) is 0 Å². The van der Waals surface area contributed by atoms with E-state index in [0.29, 0.717) is 0 Å². The highest BCUT2D eigenvalue weighted by Gasteiger charge is 2.23. The Kier molecular flexibility index (Phi) is 5.16. The maximum Gasteiger partial charge on any atom is 0.253 e. The highest BCUT2D eigenvalue weighted by molar-refractivity contribution is 5.95. The number of amides is 1. The molecule has 142 valence electrons. The van der Waals surface area contributed by atoms with Crippen molar-refractivity contribution in [2.75, 3.05) is 31.1 Å². The first-order chi connectivity index (χ1) is 13.6. The molecule has 0 radical (unpaired) electrons. The fourth-order valence-corrected chi connectivity index (χ4v) is 3.85. The molecule has 0 unspecified atom stereocenters. The van der Waals surface area contributed by atoms with Gasteiger partial charge < -0.3 is 9.80 Å². The summed E-state index contributed by atoms with van der Waals surface area (Å²) >= 11 is 0. The van der Waals surface area contributed by atoms with Crippen molar-refractivity contribution >= 4 is 11.6 Å². The Labute approximate surface area is 167 Å². The molecule has 3 aromatic rings. The lowest BCUT2D eigenvalue weighted by Crippen LogP contribution is -2.49. The van der Waals surface area contributed by atoms with Gasteiger partial charge in [-0.05, 0) is 54.3 Å². The number of carbonyl (C=O) groups is 1. The van der Waals surface area contributed by atoms with E-state index in [1.54, 1.807) is 0 Å². The maximum absolute atomic E-state index is 12.9. The summed E-state index contributed by atoms with van der Waals surface area (Å²) in [5.41, 5.74) is 7.01. The molecular formula is C25H26N2O. The second-order valence-electron chi connectivity index (χ2n) is 7.44. The number of aryl methyl sites for hydroxylation is 1. The van der Waals surface area contributed by atoms with Gasteiger partial charge in [-0.25, -0.2) is 0 Å². The van der Waals surface area contributed by atoms with E-state index in [4.69, 9.17) is 0 Å². The van der Waals surface area contributed by atoms with E-state index in [-0.39, 0.29) is 5.91 Å². The summed E-state index contributed by atoms with van der Waals surface area (Å²) in [6.07, 6.45) is 0. The number of carbonyl (C=O) groups excluding carboxylic acids is 1. The minimum absolute atomic E-state index is 0.125. The number of nitrogens with zero attached hydrogens (tertiary/aromatic N) is 2. The van der Waals surface area contributed by atoms with Gasteiger partial charge in [0.2, 0.25) is 0 Å². The van der Waals surface area contributed by atoms with Gasteiger partial charge in [0.25, 0.3) is 5.91 Å². The van der Waals surface area contributed by atoms with Crippen molar-refractivity contribution in [2.45, 2.75) is 13.8 Å². The Morgan fingerprint density at radius 1 is 0.714 bits per heavy atom. The Bertz CT molecular complexity index is 956. The first kappa shape index (κ1) is 18.3. The molecule has 3 heteroatoms. The molecule has 0 aromatic heterocycles. The van der Waals surface area contributed by atoms with Crippen LogP contribution in [0.5, 0.6) is 0 Å². The molecule has 3 nitrogen and oxygen atoms in total. The van der Waals surface area contributed by atoms with Crippen LogP contribution in [0.25, 0.3) is 11.1 Å². The van der Waals surface area contributed by atoms with E-state index in [9.17, 15) is 4.79 Å². The fraction of sp³-hybridized carbons (Fsp3) is 0.240. The minimum Gasteiger partial charge on any atom is -0.368 e. The van der Waals surface area contributed by atoms with Crippen molar-refractivity contribution in [2.24, 2.45) is 0 Å². The number of benzene rings is 3. The molecule has 1 aliphatic rings. The summed E-state index contributed by atoms with van der Waals surface area (Å²) in [4.78, 5) is 17.3. The van der Waals surface area contributed by atoms with Crippen LogP contribution >= 0.6 is 0 Å². The number of piperazine rings is 1. The van der Waals surface area contributed by atoms with Gasteiger partial charge >= 0.3 is 0 Å². The predicted molar refractivity (Wildman–Crippen MR) is 116 cm³/mol. The molecule has 4 rings (SSSR count). The van der Waals surface area contributed by atoms with Crippen LogP contribution in [-0.4, -0.2) is 37.0 Å². The van der Waals surface area contributed by atoms with Gasteiger partial charge in [-0.1, -0.05) is 54.6 Å². The quantitative estimate of drug-likeness (QED) is 0.652. The number of rotatable bonds is 3. The zero-order chi connectivity index (χ0) is 19.5. The van der Waals surface area contributed by atoms with Crippen molar-refractivity contribution in [3.05, 3.63) is 89.5 Å². The normalized spacial score (nSPS) is 14.2. The molecule has 0 aliphatic carbocycles. The summed E-state index contributed by atoms with van der Waals surface area (Å²) in [5, 5.41) is 0. The largest absolute Gasteiger partial charge is 0.368 e. The van der Waals surface area contributed by atoms with Crippen LogP contribution in [0, 0.1) is 13.8 Å². The third-order valence-electron chi connectivity index (χ3n) is 5.72. The van der Waals surface area contributed by atoms with Crippen LogP contribution in [0.15, 0.2) is 72.8 Å². The summed E-state index contributed by atoms with van der Waals surface area (Å²) < 4.78 is 0. The smallest absolute Gasteiger partial charge is 0.253 e. The lowest BCUT2D eigenvalue weighted by molar-refractivity contribution is 0.0747. The molecule has 1 fully saturated rings. The summed E-state index contributed by atoms with van der Waals surface area (Å²) in [7, 11) is 0. The van der Waals surface area contributed by atoms with Gasteiger partial charge in [-0.3, -0.25) is 4.79 Å². The highest BCUT2D eigenvalue weighted by Crippen LogP contribution is 2.25. The van der Waals surface area contributed by atoms with Crippen LogP contribution in [0.3, 0.4) is 0 Å². The molecule has 28 heavy (non-hydrogen) atoms. The standard InChI is InChI=1S/C25H26N2O/c1-19-7-6-10-24(20(19)2)26-15-17-27(18-16-26)25(28)23-13-11-22(12-14-23)21-8-4-3-5-9-21/h3-14H,15-18H2,1-2H3. The molecule has 0 N–H and O–H groups in total. The van der Waals surface area contributed by atoms with E-state index in [0.717, 1.165) is 37.3 Å². The van der Waals surface area contributed by atoms with Crippen molar-refractivity contribution in [3.63, 3.8) is 0 Å². The van der Waals surface area contributed by atoms with E-state index >= 15 is 0 Å². The zero-order valence-corrected chi connectivity index (χ0v) is 16.6. The van der Waals surface area contributed by atoms with Crippen molar-refractivity contribution in [1.29, 1.82) is 0 Å². The molecule has 0 saturated carbocycles. The van der Waals surface area contributed by atoms with Gasteiger partial charge in [0.15, 0.2) is 0 Å². The second kappa shape index (κ2) is 7.89. The van der Waals surface area contributed by atoms with Crippen molar-refractivity contribution < 1.29 is 4.79 Å². The zero-order valence-electron chi connectivity index (χ0n) is 16.6. The average molecular weight is 370 g/mol. The molecule has 0 spiro atoms. The summed E-state index contributed by atoms with van der Waals surface area (Å²) in [6, 6.07) is 24.7. The van der Waals surface area contributed by atoms with E-state index in [1.165, 1.54) is 22.4 Å². The molecule has 1 saturated heterocycles. The Hall–Kier alpha value is -3.07. The maximum atomic E-state index is 12.9. The first-order valence-electron chi connectivity index (χ1n) is 9.89. The molecule has 0 atom stereocenters. The van der Waals surface area contributed by atoms with E-state index in [1.807, 2.05) is 47.4 Å². The second-order valence-corrected chi connectivity index (χ2v) is 7.44. The topological polar surface area (TPSA) is 23.6 Å². The molecule has 1 amide bonds. The lowest BCUT2D eigenvalue weighted by atomic mass is 10.0. The SMILES string of the molecule is Cc1cccc(N2CCN(C(=O)c3ccc(-c4ccccc4)cc3)CC2)c1C. The average Bonchev–Trinajstić information content (AvgIpc) is 2.76. The third kappa shape index (κ3) is 3.65.